The summed E-state index contributed by atoms with van der Waals surface area (Å²) in [5.74, 6) is 0. The molecule has 0 fully saturated rings. The summed E-state index contributed by atoms with van der Waals surface area (Å²) in [5, 5.41) is 2.19. The van der Waals surface area contributed by atoms with E-state index in [2.05, 4.69) is 230 Å². The quantitative estimate of drug-likeness (QED) is 0.162. The Morgan fingerprint density at radius 2 is 0.845 bits per heavy atom. The number of fused-ring (bicyclic) bond motifs is 6. The maximum Gasteiger partial charge on any atom is 0.135 e. The van der Waals surface area contributed by atoms with Gasteiger partial charge in [0.05, 0.1) is 0 Å². The molecule has 1 heterocycles. The minimum absolute atomic E-state index is 0.297. The van der Waals surface area contributed by atoms with Crippen molar-refractivity contribution in [3.63, 3.8) is 0 Å². The Balaban J connectivity index is 1.08. The zero-order chi connectivity index (χ0) is 38.6. The Labute approximate surface area is 338 Å². The lowest BCUT2D eigenvalue weighted by Gasteiger charge is -2.28. The van der Waals surface area contributed by atoms with E-state index in [-0.39, 0.29) is 5.41 Å². The molecule has 1 aliphatic carbocycles. The molecule has 58 heavy (non-hydrogen) atoms. The minimum atomic E-state index is -0.297. The minimum Gasteiger partial charge on any atom is -0.456 e. The molecule has 0 unspecified atom stereocenters. The van der Waals surface area contributed by atoms with Gasteiger partial charge >= 0.3 is 0 Å². The third kappa shape index (κ3) is 5.56. The fourth-order valence-electron chi connectivity index (χ4n) is 9.19. The van der Waals surface area contributed by atoms with Crippen LogP contribution in [0, 0.1) is 0 Å². The Hall–Kier alpha value is -7.42. The molecule has 274 valence electrons. The van der Waals surface area contributed by atoms with Gasteiger partial charge in [-0.1, -0.05) is 164 Å². The zero-order valence-electron chi connectivity index (χ0n) is 32.1. The summed E-state index contributed by atoms with van der Waals surface area (Å²) in [6.45, 7) is 2.35. The van der Waals surface area contributed by atoms with Crippen LogP contribution in [0.15, 0.2) is 223 Å². The lowest BCUT2D eigenvalue weighted by Crippen LogP contribution is -2.22. The molecule has 0 saturated heterocycles. The smallest absolute Gasteiger partial charge is 0.135 e. The second-order valence-corrected chi connectivity index (χ2v) is 15.5. The van der Waals surface area contributed by atoms with Gasteiger partial charge in [-0.2, -0.15) is 0 Å². The first-order chi connectivity index (χ1) is 28.6. The molecule has 9 aromatic carbocycles. The van der Waals surface area contributed by atoms with Crippen molar-refractivity contribution in [2.75, 3.05) is 4.90 Å². The summed E-state index contributed by atoms with van der Waals surface area (Å²) < 4.78 is 6.72. The van der Waals surface area contributed by atoms with Crippen molar-refractivity contribution in [3.8, 4) is 44.5 Å². The van der Waals surface area contributed by atoms with Crippen LogP contribution in [-0.2, 0) is 5.41 Å². The molecule has 0 saturated carbocycles. The Kier molecular flexibility index (Phi) is 7.97. The van der Waals surface area contributed by atoms with Crippen LogP contribution >= 0.6 is 0 Å². The highest BCUT2D eigenvalue weighted by atomic mass is 16.3. The van der Waals surface area contributed by atoms with Crippen LogP contribution in [0.25, 0.3) is 66.4 Å². The van der Waals surface area contributed by atoms with Crippen molar-refractivity contribution < 1.29 is 4.42 Å². The topological polar surface area (TPSA) is 16.4 Å². The van der Waals surface area contributed by atoms with Gasteiger partial charge in [-0.15, -0.1) is 0 Å². The molecule has 0 amide bonds. The number of furan rings is 1. The van der Waals surface area contributed by atoms with Gasteiger partial charge in [0.2, 0.25) is 0 Å². The third-order valence-corrected chi connectivity index (χ3v) is 12.1. The van der Waals surface area contributed by atoms with Crippen molar-refractivity contribution in [2.45, 2.75) is 12.3 Å². The van der Waals surface area contributed by atoms with Crippen molar-refractivity contribution in [1.29, 1.82) is 0 Å². The van der Waals surface area contributed by atoms with E-state index in [1.54, 1.807) is 0 Å². The highest BCUT2D eigenvalue weighted by molar-refractivity contribution is 6.07. The maximum atomic E-state index is 6.72. The molecule has 0 atom stereocenters. The molecule has 10 aromatic rings. The normalized spacial score (nSPS) is 12.7. The predicted molar refractivity (Wildman–Crippen MR) is 242 cm³/mol. The first-order valence-corrected chi connectivity index (χ1v) is 20.0. The van der Waals surface area contributed by atoms with E-state index >= 15 is 0 Å². The summed E-state index contributed by atoms with van der Waals surface area (Å²) in [4.78, 5) is 2.38. The van der Waals surface area contributed by atoms with Crippen LogP contribution in [0.5, 0.6) is 0 Å². The highest BCUT2D eigenvalue weighted by Crippen LogP contribution is 2.53. The molecule has 2 nitrogen and oxygen atoms in total. The first kappa shape index (κ1) is 33.9. The molecule has 0 aliphatic heterocycles. The van der Waals surface area contributed by atoms with Crippen molar-refractivity contribution >= 4 is 39.0 Å². The van der Waals surface area contributed by atoms with Crippen molar-refractivity contribution in [1.82, 2.24) is 0 Å². The third-order valence-electron chi connectivity index (χ3n) is 12.1. The van der Waals surface area contributed by atoms with E-state index in [9.17, 15) is 0 Å². The molecule has 0 bridgehead atoms. The SMILES string of the molecule is CC1(c2ccc3c(c2)oc2ccc(N(c4ccc(-c5ccccc5)cc4)c4cc(-c5ccccc5)cc(-c5ccccc5)c4)cc23)c2ccccc2-c2ccccc21. The number of rotatable bonds is 7. The fourth-order valence-corrected chi connectivity index (χ4v) is 9.19. The number of benzene rings is 9. The average molecular weight is 742 g/mol. The summed E-state index contributed by atoms with van der Waals surface area (Å²) in [5.41, 5.74) is 18.2. The lowest BCUT2D eigenvalue weighted by molar-refractivity contribution is 0.662. The monoisotopic (exact) mass is 741 g/mol. The zero-order valence-corrected chi connectivity index (χ0v) is 32.1. The van der Waals surface area contributed by atoms with Crippen LogP contribution in [0.3, 0.4) is 0 Å². The van der Waals surface area contributed by atoms with Crippen molar-refractivity contribution in [3.05, 3.63) is 235 Å². The Morgan fingerprint density at radius 3 is 1.43 bits per heavy atom. The maximum absolute atomic E-state index is 6.72. The molecular weight excluding hydrogens is 703 g/mol. The van der Waals surface area contributed by atoms with Gasteiger partial charge in [0.25, 0.3) is 0 Å². The van der Waals surface area contributed by atoms with Crippen LogP contribution in [0.1, 0.15) is 23.6 Å². The predicted octanol–water partition coefficient (Wildman–Crippen LogP) is 15.4. The first-order valence-electron chi connectivity index (χ1n) is 20.0. The lowest BCUT2D eigenvalue weighted by atomic mass is 9.74. The van der Waals surface area contributed by atoms with E-state index in [1.165, 1.54) is 50.1 Å². The van der Waals surface area contributed by atoms with E-state index in [4.69, 9.17) is 4.42 Å². The number of anilines is 3. The van der Waals surface area contributed by atoms with Gasteiger partial charge in [-0.25, -0.2) is 0 Å². The standard InChI is InChI=1S/C56H39NO/c1-56(52-23-13-11-21-48(52)49-22-12-14-24-53(49)56)44-27-31-50-51-37-46(30-32-54(51)58-55(50)36-44)57(45-28-25-41(26-29-45)38-15-5-2-6-16-38)47-34-42(39-17-7-3-8-18-39)33-43(35-47)40-19-9-4-10-20-40/h2-37H,1H3. The van der Waals surface area contributed by atoms with E-state index in [1.807, 2.05) is 0 Å². The largest absolute Gasteiger partial charge is 0.456 e. The van der Waals surface area contributed by atoms with Gasteiger partial charge in [0.15, 0.2) is 0 Å². The van der Waals surface area contributed by atoms with E-state index in [0.29, 0.717) is 0 Å². The van der Waals surface area contributed by atoms with E-state index in [0.717, 1.165) is 50.1 Å². The van der Waals surface area contributed by atoms with Crippen LogP contribution in [0.4, 0.5) is 17.1 Å². The van der Waals surface area contributed by atoms with Crippen LogP contribution in [0.2, 0.25) is 0 Å². The molecule has 11 rings (SSSR count). The summed E-state index contributed by atoms with van der Waals surface area (Å²) in [6.07, 6.45) is 0. The highest BCUT2D eigenvalue weighted by Gasteiger charge is 2.40. The molecular formula is C56H39NO. The van der Waals surface area contributed by atoms with Gasteiger partial charge in [0.1, 0.15) is 11.2 Å². The second-order valence-electron chi connectivity index (χ2n) is 15.5. The average Bonchev–Trinajstić information content (AvgIpc) is 3.80. The molecule has 1 aliphatic rings. The van der Waals surface area contributed by atoms with Crippen molar-refractivity contribution in [2.24, 2.45) is 0 Å². The second kappa shape index (κ2) is 13.7. The fraction of sp³-hybridized carbons (Fsp3) is 0.0357. The molecule has 0 radical (unpaired) electrons. The van der Waals surface area contributed by atoms with Gasteiger partial charge in [-0.3, -0.25) is 0 Å². The van der Waals surface area contributed by atoms with Gasteiger partial charge in [0, 0.05) is 33.2 Å². The van der Waals surface area contributed by atoms with Gasteiger partial charge < -0.3 is 9.32 Å². The molecule has 0 N–H and O–H groups in total. The van der Waals surface area contributed by atoms with E-state index < -0.39 is 0 Å². The Morgan fingerprint density at radius 1 is 0.345 bits per heavy atom. The summed E-state index contributed by atoms with van der Waals surface area (Å²) in [7, 11) is 0. The number of hydrogen-bond donors (Lipinski definition) is 0. The molecule has 2 heteroatoms. The van der Waals surface area contributed by atoms with Crippen LogP contribution < -0.4 is 4.90 Å². The molecule has 1 aromatic heterocycles. The summed E-state index contributed by atoms with van der Waals surface area (Å²) in [6, 6.07) is 78.9. The molecule has 0 spiro atoms. The number of hydrogen-bond acceptors (Lipinski definition) is 2. The summed E-state index contributed by atoms with van der Waals surface area (Å²) >= 11 is 0. The Bertz CT molecular complexity index is 3000. The van der Waals surface area contributed by atoms with Crippen LogP contribution in [-0.4, -0.2) is 0 Å². The van der Waals surface area contributed by atoms with Gasteiger partial charge in [-0.05, 0) is 123 Å². The number of nitrogens with zero attached hydrogens (tertiary/aromatic N) is 1.